The van der Waals surface area contributed by atoms with Gasteiger partial charge in [0.1, 0.15) is 29.1 Å². The predicted octanol–water partition coefficient (Wildman–Crippen LogP) is -1.36. The van der Waals surface area contributed by atoms with Gasteiger partial charge >= 0.3 is 0 Å². The molecule has 0 aliphatic carbocycles. The largest absolute Gasteiger partial charge is 0.394 e. The monoisotopic (exact) mass is 191 g/mol. The molecular formula is C6H9NO4S. The number of thioether (sulfide) groups is 1. The van der Waals surface area contributed by atoms with E-state index in [4.69, 9.17) is 15.1 Å². The van der Waals surface area contributed by atoms with Gasteiger partial charge in [0, 0.05) is 0 Å². The molecule has 68 valence electrons. The van der Waals surface area contributed by atoms with Crippen molar-refractivity contribution in [3.63, 3.8) is 0 Å². The lowest BCUT2D eigenvalue weighted by Crippen LogP contribution is -2.33. The summed E-state index contributed by atoms with van der Waals surface area (Å²) in [5.41, 5.74) is -0.762. The Bertz CT molecular complexity index is 194. The van der Waals surface area contributed by atoms with Crippen molar-refractivity contribution in [3.05, 3.63) is 0 Å². The van der Waals surface area contributed by atoms with Crippen molar-refractivity contribution in [1.29, 1.82) is 5.26 Å². The van der Waals surface area contributed by atoms with Crippen LogP contribution >= 0.6 is 11.8 Å². The second-order valence-corrected chi connectivity index (χ2v) is 3.30. The number of rotatable bonds is 2. The van der Waals surface area contributed by atoms with Crippen molar-refractivity contribution in [3.8, 4) is 5.40 Å². The van der Waals surface area contributed by atoms with E-state index in [0.29, 0.717) is 0 Å². The first-order valence-corrected chi connectivity index (χ1v) is 4.26. The summed E-state index contributed by atoms with van der Waals surface area (Å²) in [6, 6.07) is 0. The Morgan fingerprint density at radius 3 is 2.50 bits per heavy atom. The van der Waals surface area contributed by atoms with Crippen LogP contribution in [0.25, 0.3) is 0 Å². The number of aliphatic hydroxyl groups excluding tert-OH is 3. The maximum atomic E-state index is 9.23. The molecule has 0 bridgehead atoms. The van der Waals surface area contributed by atoms with Gasteiger partial charge in [-0.25, -0.2) is 0 Å². The molecule has 1 aliphatic rings. The van der Waals surface area contributed by atoms with Gasteiger partial charge in [-0.1, -0.05) is 0 Å². The molecule has 4 atom stereocenters. The Morgan fingerprint density at radius 1 is 1.42 bits per heavy atom. The van der Waals surface area contributed by atoms with Crippen molar-refractivity contribution in [2.75, 3.05) is 6.61 Å². The number of hydrogen-bond donors (Lipinski definition) is 3. The third kappa shape index (κ3) is 1.71. The van der Waals surface area contributed by atoms with Crippen LogP contribution in [-0.4, -0.2) is 45.7 Å². The Morgan fingerprint density at radius 2 is 2.08 bits per heavy atom. The molecule has 5 nitrogen and oxygen atoms in total. The van der Waals surface area contributed by atoms with Gasteiger partial charge in [-0.2, -0.15) is 5.26 Å². The zero-order valence-electron chi connectivity index (χ0n) is 6.12. The Labute approximate surface area is 73.6 Å². The van der Waals surface area contributed by atoms with Crippen molar-refractivity contribution in [2.24, 2.45) is 0 Å². The Hall–Kier alpha value is -0.320. The molecule has 1 unspecified atom stereocenters. The first-order valence-electron chi connectivity index (χ1n) is 3.38. The van der Waals surface area contributed by atoms with Crippen molar-refractivity contribution in [2.45, 2.75) is 23.7 Å². The normalized spacial score (nSPS) is 41.2. The predicted molar refractivity (Wildman–Crippen MR) is 41.0 cm³/mol. The van der Waals surface area contributed by atoms with E-state index in [1.807, 2.05) is 0 Å². The third-order valence-electron chi connectivity index (χ3n) is 1.67. The molecule has 0 saturated carbocycles. The molecule has 12 heavy (non-hydrogen) atoms. The molecule has 3 N–H and O–H groups in total. The maximum Gasteiger partial charge on any atom is 0.146 e. The van der Waals surface area contributed by atoms with E-state index in [2.05, 4.69) is 0 Å². The topological polar surface area (TPSA) is 93.7 Å². The molecule has 0 spiro atoms. The first kappa shape index (κ1) is 9.77. The number of aliphatic hydroxyl groups is 3. The van der Waals surface area contributed by atoms with Crippen molar-refractivity contribution in [1.82, 2.24) is 0 Å². The number of nitriles is 1. The van der Waals surface area contributed by atoms with E-state index in [9.17, 15) is 10.2 Å². The smallest absolute Gasteiger partial charge is 0.146 e. The minimum Gasteiger partial charge on any atom is -0.394 e. The van der Waals surface area contributed by atoms with Crippen LogP contribution in [0.4, 0.5) is 0 Å². The van der Waals surface area contributed by atoms with Crippen LogP contribution in [0.2, 0.25) is 0 Å². The fourth-order valence-corrected chi connectivity index (χ4v) is 1.62. The van der Waals surface area contributed by atoms with Gasteiger partial charge < -0.3 is 20.1 Å². The van der Waals surface area contributed by atoms with Gasteiger partial charge in [-0.15, -0.1) is 0 Å². The fraction of sp³-hybridized carbons (Fsp3) is 0.833. The molecule has 1 saturated heterocycles. The molecule has 1 rings (SSSR count). The molecule has 1 heterocycles. The summed E-state index contributed by atoms with van der Waals surface area (Å²) in [7, 11) is 0. The molecule has 0 aromatic heterocycles. The summed E-state index contributed by atoms with van der Waals surface area (Å²) >= 11 is 0.732. The summed E-state index contributed by atoms with van der Waals surface area (Å²) in [5, 5.41) is 37.1. The highest BCUT2D eigenvalue weighted by atomic mass is 32.2. The standard InChI is InChI=1S/C6H9NO4S/c7-2-12-6-5(10)4(9)3(1-8)11-6/h3-6,8-10H,1H2/t3-,4-,5-,6?/m1/s1. The third-order valence-corrected chi connectivity index (χ3v) is 2.40. The average molecular weight is 191 g/mol. The Balaban J connectivity index is 2.55. The summed E-state index contributed by atoms with van der Waals surface area (Å²) in [6.07, 6.45) is -3.00. The van der Waals surface area contributed by atoms with Gasteiger partial charge in [0.2, 0.25) is 0 Å². The molecule has 0 aromatic rings. The molecule has 1 aliphatic heterocycles. The lowest BCUT2D eigenvalue weighted by Gasteiger charge is -2.10. The van der Waals surface area contributed by atoms with E-state index in [1.165, 1.54) is 0 Å². The number of ether oxygens (including phenoxy) is 1. The van der Waals surface area contributed by atoms with Crippen LogP contribution in [0.5, 0.6) is 0 Å². The van der Waals surface area contributed by atoms with Crippen LogP contribution in [0.1, 0.15) is 0 Å². The van der Waals surface area contributed by atoms with Crippen molar-refractivity contribution >= 4 is 11.8 Å². The SMILES string of the molecule is N#CSC1O[C@H](CO)[C@@H](O)[C@H]1O. The minimum absolute atomic E-state index is 0.360. The van der Waals surface area contributed by atoms with E-state index in [-0.39, 0.29) is 6.61 Å². The molecule has 6 heteroatoms. The highest BCUT2D eigenvalue weighted by Gasteiger charge is 2.42. The van der Waals surface area contributed by atoms with Crippen LogP contribution in [0, 0.1) is 10.7 Å². The second kappa shape index (κ2) is 4.07. The van der Waals surface area contributed by atoms with Crippen LogP contribution < -0.4 is 0 Å². The number of hydrogen-bond acceptors (Lipinski definition) is 6. The highest BCUT2D eigenvalue weighted by Crippen LogP contribution is 2.28. The summed E-state index contributed by atoms with van der Waals surface area (Å²) in [4.78, 5) is 0. The average Bonchev–Trinajstić information content (AvgIpc) is 2.33. The van der Waals surface area contributed by atoms with Gasteiger partial charge in [-0.3, -0.25) is 0 Å². The summed E-state index contributed by atoms with van der Waals surface area (Å²) in [6.45, 7) is -0.360. The van der Waals surface area contributed by atoms with E-state index < -0.39 is 23.7 Å². The van der Waals surface area contributed by atoms with Gasteiger partial charge in [0.15, 0.2) is 0 Å². The van der Waals surface area contributed by atoms with E-state index >= 15 is 0 Å². The van der Waals surface area contributed by atoms with E-state index in [1.54, 1.807) is 5.40 Å². The van der Waals surface area contributed by atoms with Crippen molar-refractivity contribution < 1.29 is 20.1 Å². The first-order chi connectivity index (χ1) is 5.70. The summed E-state index contributed by atoms with van der Waals surface area (Å²) in [5.74, 6) is 0. The molecule has 1 fully saturated rings. The fourth-order valence-electron chi connectivity index (χ4n) is 1.01. The number of nitrogens with zero attached hydrogens (tertiary/aromatic N) is 1. The molecule has 0 radical (unpaired) electrons. The Kier molecular flexibility index (Phi) is 3.31. The van der Waals surface area contributed by atoms with Gasteiger partial charge in [0.25, 0.3) is 0 Å². The van der Waals surface area contributed by atoms with Crippen LogP contribution in [-0.2, 0) is 4.74 Å². The zero-order valence-corrected chi connectivity index (χ0v) is 6.94. The summed E-state index contributed by atoms with van der Waals surface area (Å²) < 4.78 is 4.97. The molecular weight excluding hydrogens is 182 g/mol. The maximum absolute atomic E-state index is 9.23. The van der Waals surface area contributed by atoms with Crippen LogP contribution in [0.3, 0.4) is 0 Å². The van der Waals surface area contributed by atoms with Crippen LogP contribution in [0.15, 0.2) is 0 Å². The molecule has 0 amide bonds. The molecule has 0 aromatic carbocycles. The minimum atomic E-state index is -1.11. The zero-order chi connectivity index (χ0) is 9.14. The second-order valence-electron chi connectivity index (χ2n) is 2.42. The quantitative estimate of drug-likeness (QED) is 0.467. The number of thiocyanates is 1. The lowest BCUT2D eigenvalue weighted by atomic mass is 10.2. The van der Waals surface area contributed by atoms with Gasteiger partial charge in [0.05, 0.1) is 6.61 Å². The highest BCUT2D eigenvalue weighted by molar-refractivity contribution is 8.04. The lowest BCUT2D eigenvalue weighted by molar-refractivity contribution is -0.00802. The van der Waals surface area contributed by atoms with E-state index in [0.717, 1.165) is 11.8 Å². The van der Waals surface area contributed by atoms with Gasteiger partial charge in [-0.05, 0) is 11.8 Å².